The summed E-state index contributed by atoms with van der Waals surface area (Å²) in [4.78, 5) is 19.4. The van der Waals surface area contributed by atoms with Gasteiger partial charge in [-0.25, -0.2) is 9.97 Å². The van der Waals surface area contributed by atoms with Gasteiger partial charge in [-0.2, -0.15) is 4.98 Å². The molecule has 1 aromatic carbocycles. The van der Waals surface area contributed by atoms with Crippen LogP contribution in [-0.4, -0.2) is 46.2 Å². The summed E-state index contributed by atoms with van der Waals surface area (Å²) < 4.78 is 5.41. The van der Waals surface area contributed by atoms with Crippen molar-refractivity contribution < 1.29 is 4.74 Å². The van der Waals surface area contributed by atoms with E-state index in [2.05, 4.69) is 59.7 Å². The molecule has 27 heavy (non-hydrogen) atoms. The predicted molar refractivity (Wildman–Crippen MR) is 105 cm³/mol. The first-order valence-electron chi connectivity index (χ1n) is 8.85. The Morgan fingerprint density at radius 2 is 1.78 bits per heavy atom. The van der Waals surface area contributed by atoms with Gasteiger partial charge in [0.15, 0.2) is 5.82 Å². The van der Waals surface area contributed by atoms with E-state index >= 15 is 0 Å². The predicted octanol–water partition coefficient (Wildman–Crippen LogP) is 2.90. The maximum Gasteiger partial charge on any atom is 0.230 e. The van der Waals surface area contributed by atoms with Crippen LogP contribution in [0, 0.1) is 6.92 Å². The maximum atomic E-state index is 5.41. The Balaban J connectivity index is 1.47. The largest absolute Gasteiger partial charge is 0.378 e. The van der Waals surface area contributed by atoms with Crippen molar-refractivity contribution in [2.75, 3.05) is 41.8 Å². The number of nitrogens with zero attached hydrogens (tertiary/aromatic N) is 5. The highest BCUT2D eigenvalue weighted by Crippen LogP contribution is 2.22. The van der Waals surface area contributed by atoms with Gasteiger partial charge in [0.25, 0.3) is 0 Å². The van der Waals surface area contributed by atoms with Crippen LogP contribution < -0.4 is 15.5 Å². The van der Waals surface area contributed by atoms with Gasteiger partial charge >= 0.3 is 0 Å². The first kappa shape index (κ1) is 17.2. The van der Waals surface area contributed by atoms with Crippen LogP contribution in [-0.2, 0) is 4.74 Å². The number of aryl methyl sites for hydroxylation is 1. The number of rotatable bonds is 5. The molecule has 0 unspecified atom stereocenters. The Morgan fingerprint density at radius 3 is 2.52 bits per heavy atom. The molecule has 0 saturated carbocycles. The molecule has 2 aromatic heterocycles. The Hall–Kier alpha value is -3.26. The molecule has 0 aliphatic carbocycles. The van der Waals surface area contributed by atoms with Crippen molar-refractivity contribution in [2.45, 2.75) is 6.92 Å². The highest BCUT2D eigenvalue weighted by atomic mass is 16.5. The minimum atomic E-state index is 0.475. The van der Waals surface area contributed by atoms with Crippen LogP contribution >= 0.6 is 0 Å². The van der Waals surface area contributed by atoms with Gasteiger partial charge in [-0.3, -0.25) is 4.98 Å². The molecule has 0 atom stereocenters. The van der Waals surface area contributed by atoms with Crippen molar-refractivity contribution in [3.8, 4) is 0 Å². The smallest absolute Gasteiger partial charge is 0.230 e. The molecule has 0 amide bonds. The second-order valence-corrected chi connectivity index (χ2v) is 6.21. The number of hydrogen-bond acceptors (Lipinski definition) is 8. The van der Waals surface area contributed by atoms with E-state index in [1.807, 2.05) is 13.0 Å². The van der Waals surface area contributed by atoms with Gasteiger partial charge in [-0.05, 0) is 31.2 Å². The van der Waals surface area contributed by atoms with Gasteiger partial charge in [0, 0.05) is 48.6 Å². The summed E-state index contributed by atoms with van der Waals surface area (Å²) in [7, 11) is 0. The first-order valence-corrected chi connectivity index (χ1v) is 8.85. The molecule has 0 radical (unpaired) electrons. The summed E-state index contributed by atoms with van der Waals surface area (Å²) in [5.74, 6) is 1.79. The van der Waals surface area contributed by atoms with Crippen LogP contribution in [0.15, 0.2) is 48.9 Å². The van der Waals surface area contributed by atoms with E-state index in [0.29, 0.717) is 17.6 Å². The molecule has 3 heterocycles. The average Bonchev–Trinajstić information content (AvgIpc) is 2.70. The fraction of sp³-hybridized carbons (Fsp3) is 0.263. The van der Waals surface area contributed by atoms with Crippen molar-refractivity contribution >= 4 is 29.0 Å². The minimum absolute atomic E-state index is 0.475. The third-order valence-corrected chi connectivity index (χ3v) is 4.17. The number of benzene rings is 1. The third kappa shape index (κ3) is 4.48. The number of nitrogens with one attached hydrogen (secondary N) is 2. The highest BCUT2D eigenvalue weighted by Gasteiger charge is 2.11. The van der Waals surface area contributed by atoms with Gasteiger partial charge in [0.1, 0.15) is 5.82 Å². The lowest BCUT2D eigenvalue weighted by Gasteiger charge is -2.28. The van der Waals surface area contributed by atoms with Gasteiger partial charge in [-0.1, -0.05) is 0 Å². The number of aromatic nitrogens is 4. The standard InChI is InChI=1S/C19H21N7O/c1-14-12-17(24-19(22-14)25-18-13-20-6-7-21-18)23-15-2-4-16(5-3-15)26-8-10-27-11-9-26/h2-7,12-13H,8-11H2,1H3,(H2,21,22,23,24,25). The molecule has 8 nitrogen and oxygen atoms in total. The number of morpholine rings is 1. The van der Waals surface area contributed by atoms with Crippen LogP contribution in [0.2, 0.25) is 0 Å². The normalized spacial score (nSPS) is 14.0. The summed E-state index contributed by atoms with van der Waals surface area (Å²) in [6.45, 7) is 5.34. The van der Waals surface area contributed by atoms with Gasteiger partial charge in [0.05, 0.1) is 19.4 Å². The topological polar surface area (TPSA) is 88.1 Å². The Bertz CT molecular complexity index is 880. The molecule has 138 valence electrons. The molecular formula is C19H21N7O. The lowest BCUT2D eigenvalue weighted by Crippen LogP contribution is -2.36. The minimum Gasteiger partial charge on any atom is -0.378 e. The summed E-state index contributed by atoms with van der Waals surface area (Å²) in [6.07, 6.45) is 4.87. The zero-order valence-corrected chi connectivity index (χ0v) is 15.1. The quantitative estimate of drug-likeness (QED) is 0.715. The monoisotopic (exact) mass is 363 g/mol. The lowest BCUT2D eigenvalue weighted by molar-refractivity contribution is 0.122. The van der Waals surface area contributed by atoms with E-state index < -0.39 is 0 Å². The van der Waals surface area contributed by atoms with E-state index in [-0.39, 0.29) is 0 Å². The summed E-state index contributed by atoms with van der Waals surface area (Å²) in [5, 5.41) is 6.40. The van der Waals surface area contributed by atoms with Crippen LogP contribution in [0.4, 0.5) is 29.0 Å². The SMILES string of the molecule is Cc1cc(Nc2ccc(N3CCOCC3)cc2)nc(Nc2cnccn2)n1. The first-order chi connectivity index (χ1) is 13.3. The molecular weight excluding hydrogens is 342 g/mol. The molecule has 1 aliphatic rings. The Kier molecular flexibility index (Phi) is 5.06. The molecule has 1 saturated heterocycles. The van der Waals surface area contributed by atoms with Crippen LogP contribution in [0.25, 0.3) is 0 Å². The fourth-order valence-electron chi connectivity index (χ4n) is 2.89. The summed E-state index contributed by atoms with van der Waals surface area (Å²) >= 11 is 0. The number of ether oxygens (including phenoxy) is 1. The van der Waals surface area contributed by atoms with E-state index in [4.69, 9.17) is 4.74 Å². The fourth-order valence-corrected chi connectivity index (χ4v) is 2.89. The van der Waals surface area contributed by atoms with Crippen molar-refractivity contribution in [3.05, 3.63) is 54.6 Å². The maximum absolute atomic E-state index is 5.41. The Labute approximate surface area is 157 Å². The molecule has 2 N–H and O–H groups in total. The third-order valence-electron chi connectivity index (χ3n) is 4.17. The van der Waals surface area contributed by atoms with Crippen LogP contribution in [0.1, 0.15) is 5.69 Å². The zero-order valence-electron chi connectivity index (χ0n) is 15.1. The number of anilines is 5. The van der Waals surface area contributed by atoms with Gasteiger partial charge in [-0.15, -0.1) is 0 Å². The van der Waals surface area contributed by atoms with Gasteiger partial charge in [0.2, 0.25) is 5.95 Å². The molecule has 8 heteroatoms. The molecule has 0 spiro atoms. The molecule has 0 bridgehead atoms. The van der Waals surface area contributed by atoms with E-state index in [1.54, 1.807) is 18.6 Å². The summed E-state index contributed by atoms with van der Waals surface area (Å²) in [6, 6.07) is 10.2. The van der Waals surface area contributed by atoms with E-state index in [0.717, 1.165) is 37.7 Å². The van der Waals surface area contributed by atoms with Crippen molar-refractivity contribution in [1.82, 2.24) is 19.9 Å². The van der Waals surface area contributed by atoms with E-state index in [9.17, 15) is 0 Å². The zero-order chi connectivity index (χ0) is 18.5. The summed E-state index contributed by atoms with van der Waals surface area (Å²) in [5.41, 5.74) is 3.02. The number of hydrogen-bond donors (Lipinski definition) is 2. The second kappa shape index (κ2) is 7.96. The molecule has 1 aliphatic heterocycles. The van der Waals surface area contributed by atoms with Crippen molar-refractivity contribution in [2.24, 2.45) is 0 Å². The molecule has 3 aromatic rings. The van der Waals surface area contributed by atoms with Gasteiger partial charge < -0.3 is 20.3 Å². The average molecular weight is 363 g/mol. The van der Waals surface area contributed by atoms with Crippen molar-refractivity contribution in [1.29, 1.82) is 0 Å². The van der Waals surface area contributed by atoms with Crippen LogP contribution in [0.5, 0.6) is 0 Å². The molecule has 4 rings (SSSR count). The molecule has 1 fully saturated rings. The van der Waals surface area contributed by atoms with E-state index in [1.165, 1.54) is 5.69 Å². The van der Waals surface area contributed by atoms with Crippen LogP contribution in [0.3, 0.4) is 0 Å². The Morgan fingerprint density at radius 1 is 0.963 bits per heavy atom. The second-order valence-electron chi connectivity index (χ2n) is 6.21. The highest BCUT2D eigenvalue weighted by molar-refractivity contribution is 5.62. The lowest BCUT2D eigenvalue weighted by atomic mass is 10.2. The van der Waals surface area contributed by atoms with Crippen molar-refractivity contribution in [3.63, 3.8) is 0 Å².